The van der Waals surface area contributed by atoms with Crippen LogP contribution in [0.1, 0.15) is 18.6 Å². The highest BCUT2D eigenvalue weighted by molar-refractivity contribution is 5.81. The zero-order valence-corrected chi connectivity index (χ0v) is 6.92. The zero-order valence-electron chi connectivity index (χ0n) is 6.92. The van der Waals surface area contributed by atoms with Crippen LogP contribution in [0.3, 0.4) is 0 Å². The van der Waals surface area contributed by atoms with Crippen LogP contribution in [0.4, 0.5) is 8.78 Å². The molecule has 0 bridgehead atoms. The Morgan fingerprint density at radius 1 is 1.46 bits per heavy atom. The molecule has 2 nitrogen and oxygen atoms in total. The van der Waals surface area contributed by atoms with Gasteiger partial charge in [-0.25, -0.2) is 8.78 Å². The number of rotatable bonds is 2. The van der Waals surface area contributed by atoms with Gasteiger partial charge in [0.2, 0.25) is 0 Å². The molecule has 1 N–H and O–H groups in total. The molecule has 0 aliphatic carbocycles. The van der Waals surface area contributed by atoms with Crippen LogP contribution in [0.2, 0.25) is 0 Å². The van der Waals surface area contributed by atoms with Crippen LogP contribution in [0.15, 0.2) is 18.2 Å². The van der Waals surface area contributed by atoms with Crippen LogP contribution in [0.25, 0.3) is 0 Å². The molecule has 0 radical (unpaired) electrons. The fraction of sp³-hybridized carbons (Fsp3) is 0.222. The highest BCUT2D eigenvalue weighted by atomic mass is 19.1. The Morgan fingerprint density at radius 2 is 2.08 bits per heavy atom. The monoisotopic (exact) mass is 186 g/mol. The molecule has 0 saturated carbocycles. The number of halogens is 2. The summed E-state index contributed by atoms with van der Waals surface area (Å²) in [6, 6.07) is 2.67. The molecule has 1 atom stereocenters. The van der Waals surface area contributed by atoms with Gasteiger partial charge in [0.25, 0.3) is 0 Å². The van der Waals surface area contributed by atoms with Crippen molar-refractivity contribution in [2.24, 2.45) is 0 Å². The number of Topliss-reactive ketones (excluding diaryl/α,β-unsaturated/α-hetero) is 1. The molecule has 0 aliphatic heterocycles. The van der Waals surface area contributed by atoms with Gasteiger partial charge in [0.1, 0.15) is 17.7 Å². The van der Waals surface area contributed by atoms with Crippen molar-refractivity contribution in [2.75, 3.05) is 0 Å². The molecule has 0 unspecified atom stereocenters. The summed E-state index contributed by atoms with van der Waals surface area (Å²) in [7, 11) is 0. The number of carbonyl (C=O) groups is 1. The van der Waals surface area contributed by atoms with Gasteiger partial charge in [-0.05, 0) is 13.0 Å². The van der Waals surface area contributed by atoms with Gasteiger partial charge in [-0.3, -0.25) is 4.79 Å². The first-order valence-electron chi connectivity index (χ1n) is 3.66. The largest absolute Gasteiger partial charge is 0.380 e. The fourth-order valence-corrected chi connectivity index (χ4v) is 0.942. The van der Waals surface area contributed by atoms with E-state index in [0.29, 0.717) is 6.07 Å². The minimum absolute atomic E-state index is 0.200. The first-order valence-corrected chi connectivity index (χ1v) is 3.66. The molecule has 1 aromatic rings. The van der Waals surface area contributed by atoms with Crippen molar-refractivity contribution in [3.05, 3.63) is 35.4 Å². The summed E-state index contributed by atoms with van der Waals surface area (Å²) in [5.41, 5.74) is -0.200. The Hall–Kier alpha value is -1.29. The lowest BCUT2D eigenvalue weighted by molar-refractivity contribution is -0.125. The van der Waals surface area contributed by atoms with Crippen LogP contribution >= 0.6 is 0 Å². The summed E-state index contributed by atoms with van der Waals surface area (Å²) in [6.07, 6.45) is -1.51. The quantitative estimate of drug-likeness (QED) is 0.761. The van der Waals surface area contributed by atoms with E-state index in [9.17, 15) is 13.6 Å². The van der Waals surface area contributed by atoms with E-state index in [0.717, 1.165) is 19.1 Å². The van der Waals surface area contributed by atoms with Crippen LogP contribution in [0.5, 0.6) is 0 Å². The Morgan fingerprint density at radius 3 is 2.54 bits per heavy atom. The predicted octanol–water partition coefficient (Wildman–Crippen LogP) is 1.59. The van der Waals surface area contributed by atoms with Crippen molar-refractivity contribution in [3.8, 4) is 0 Å². The summed E-state index contributed by atoms with van der Waals surface area (Å²) in [6.45, 7) is 1.13. The maximum absolute atomic E-state index is 12.9. The molecule has 0 aliphatic rings. The Kier molecular flexibility index (Phi) is 2.72. The molecule has 0 amide bonds. The van der Waals surface area contributed by atoms with Crippen molar-refractivity contribution < 1.29 is 18.7 Å². The summed E-state index contributed by atoms with van der Waals surface area (Å²) >= 11 is 0. The maximum Gasteiger partial charge on any atom is 0.162 e. The smallest absolute Gasteiger partial charge is 0.162 e. The van der Waals surface area contributed by atoms with Gasteiger partial charge in [-0.1, -0.05) is 6.07 Å². The molecule has 0 heterocycles. The third-order valence-corrected chi connectivity index (χ3v) is 1.64. The lowest BCUT2D eigenvalue weighted by atomic mass is 10.1. The second-order valence-corrected chi connectivity index (χ2v) is 2.68. The van der Waals surface area contributed by atoms with Gasteiger partial charge in [0.15, 0.2) is 5.78 Å². The van der Waals surface area contributed by atoms with E-state index in [4.69, 9.17) is 5.11 Å². The fourth-order valence-electron chi connectivity index (χ4n) is 0.942. The first kappa shape index (κ1) is 9.80. The van der Waals surface area contributed by atoms with Gasteiger partial charge in [0, 0.05) is 11.6 Å². The molecule has 70 valence electrons. The van der Waals surface area contributed by atoms with Crippen LogP contribution < -0.4 is 0 Å². The molecule has 1 aromatic carbocycles. The number of benzene rings is 1. The van der Waals surface area contributed by atoms with Crippen molar-refractivity contribution in [1.82, 2.24) is 0 Å². The normalized spacial score (nSPS) is 12.6. The average Bonchev–Trinajstić information content (AvgIpc) is 2.03. The number of hydrogen-bond donors (Lipinski definition) is 1. The Labute approximate surface area is 73.8 Å². The third kappa shape index (κ3) is 2.09. The number of ketones is 1. The van der Waals surface area contributed by atoms with E-state index in [1.807, 2.05) is 0 Å². The average molecular weight is 186 g/mol. The molecule has 0 saturated heterocycles. The second-order valence-electron chi connectivity index (χ2n) is 2.68. The highest BCUT2D eigenvalue weighted by Gasteiger charge is 2.17. The van der Waals surface area contributed by atoms with Gasteiger partial charge in [0.05, 0.1) is 0 Å². The highest BCUT2D eigenvalue weighted by Crippen LogP contribution is 2.18. The molecule has 0 aromatic heterocycles. The van der Waals surface area contributed by atoms with Gasteiger partial charge >= 0.3 is 0 Å². The number of hydrogen-bond acceptors (Lipinski definition) is 2. The molecule has 4 heteroatoms. The van der Waals surface area contributed by atoms with E-state index in [-0.39, 0.29) is 5.56 Å². The minimum Gasteiger partial charge on any atom is -0.380 e. The molecule has 1 rings (SSSR count). The summed E-state index contributed by atoms with van der Waals surface area (Å²) in [5, 5.41) is 9.16. The van der Waals surface area contributed by atoms with Crippen LogP contribution in [-0.2, 0) is 4.79 Å². The standard InChI is InChI=1S/C9H8F2O2/c1-5(12)9(13)7-3-2-6(10)4-8(7)11/h2-4,9,13H,1H3/t9-/m1/s1. The van der Waals surface area contributed by atoms with Crippen LogP contribution in [-0.4, -0.2) is 10.9 Å². The lowest BCUT2D eigenvalue weighted by Gasteiger charge is -2.07. The summed E-state index contributed by atoms with van der Waals surface area (Å²) < 4.78 is 25.3. The first-order chi connectivity index (χ1) is 6.02. The van der Waals surface area contributed by atoms with Crippen molar-refractivity contribution in [1.29, 1.82) is 0 Å². The predicted molar refractivity (Wildman–Crippen MR) is 42.0 cm³/mol. The minimum atomic E-state index is -1.51. The molecule has 13 heavy (non-hydrogen) atoms. The van der Waals surface area contributed by atoms with Crippen molar-refractivity contribution in [3.63, 3.8) is 0 Å². The van der Waals surface area contributed by atoms with Crippen molar-refractivity contribution in [2.45, 2.75) is 13.0 Å². The van der Waals surface area contributed by atoms with Crippen molar-refractivity contribution >= 4 is 5.78 Å². The van der Waals surface area contributed by atoms with E-state index in [1.165, 1.54) is 0 Å². The second kappa shape index (κ2) is 3.62. The summed E-state index contributed by atoms with van der Waals surface area (Å²) in [4.78, 5) is 10.7. The zero-order chi connectivity index (χ0) is 10.0. The maximum atomic E-state index is 12.9. The van der Waals surface area contributed by atoms with E-state index >= 15 is 0 Å². The lowest BCUT2D eigenvalue weighted by Crippen LogP contribution is -2.09. The number of aliphatic hydroxyl groups is 1. The SMILES string of the molecule is CC(=O)[C@@H](O)c1ccc(F)cc1F. The van der Waals surface area contributed by atoms with E-state index in [1.54, 1.807) is 0 Å². The molecule has 0 spiro atoms. The number of carbonyl (C=O) groups excluding carboxylic acids is 1. The molecular weight excluding hydrogens is 178 g/mol. The van der Waals surface area contributed by atoms with Gasteiger partial charge in [-0.15, -0.1) is 0 Å². The third-order valence-electron chi connectivity index (χ3n) is 1.64. The van der Waals surface area contributed by atoms with Crippen LogP contribution in [0, 0.1) is 11.6 Å². The molecule has 0 fully saturated rings. The Balaban J connectivity index is 3.08. The molecular formula is C9H8F2O2. The van der Waals surface area contributed by atoms with Gasteiger partial charge < -0.3 is 5.11 Å². The topological polar surface area (TPSA) is 37.3 Å². The Bertz CT molecular complexity index is 336. The van der Waals surface area contributed by atoms with Gasteiger partial charge in [-0.2, -0.15) is 0 Å². The van der Waals surface area contributed by atoms with E-state index < -0.39 is 23.5 Å². The number of aliphatic hydroxyl groups excluding tert-OH is 1. The van der Waals surface area contributed by atoms with E-state index in [2.05, 4.69) is 0 Å². The summed E-state index contributed by atoms with van der Waals surface area (Å²) in [5.74, 6) is -2.23.